The van der Waals surface area contributed by atoms with Gasteiger partial charge >= 0.3 is 5.97 Å². The summed E-state index contributed by atoms with van der Waals surface area (Å²) in [6.45, 7) is 7.37. The first-order chi connectivity index (χ1) is 12.3. The molecular formula is C19H21ClFNO5. The van der Waals surface area contributed by atoms with Crippen molar-refractivity contribution in [1.82, 2.24) is 5.32 Å². The molecule has 1 aromatic rings. The summed E-state index contributed by atoms with van der Waals surface area (Å²) in [5.41, 5.74) is -2.35. The van der Waals surface area contributed by atoms with Crippen molar-refractivity contribution in [3.05, 3.63) is 34.1 Å². The third-order valence-electron chi connectivity index (χ3n) is 4.18. The van der Waals surface area contributed by atoms with Crippen molar-refractivity contribution in [2.24, 2.45) is 5.92 Å². The second-order valence-electron chi connectivity index (χ2n) is 7.90. The Morgan fingerprint density at radius 2 is 1.85 bits per heavy atom. The van der Waals surface area contributed by atoms with Crippen LogP contribution in [0.3, 0.4) is 0 Å². The first-order valence-corrected chi connectivity index (χ1v) is 8.71. The topological polar surface area (TPSA) is 89.5 Å². The number of hydrogen-bond donors (Lipinski definition) is 1. The van der Waals surface area contributed by atoms with Crippen LogP contribution in [-0.4, -0.2) is 35.6 Å². The van der Waals surface area contributed by atoms with Crippen LogP contribution in [0, 0.1) is 11.7 Å². The highest BCUT2D eigenvalue weighted by Gasteiger charge is 2.50. The first-order valence-electron chi connectivity index (χ1n) is 8.33. The molecule has 0 fully saturated rings. The van der Waals surface area contributed by atoms with Crippen molar-refractivity contribution < 1.29 is 28.3 Å². The number of halogens is 2. The average Bonchev–Trinajstić information content (AvgIpc) is 2.48. The smallest absolute Gasteiger partial charge is 0.325 e. The van der Waals surface area contributed by atoms with E-state index >= 15 is 0 Å². The summed E-state index contributed by atoms with van der Waals surface area (Å²) in [5, 5.41) is 2.24. The minimum absolute atomic E-state index is 0.0161. The quantitative estimate of drug-likeness (QED) is 0.625. The van der Waals surface area contributed by atoms with E-state index in [4.69, 9.17) is 16.3 Å². The molecule has 0 saturated carbocycles. The van der Waals surface area contributed by atoms with Crippen molar-refractivity contribution >= 4 is 35.0 Å². The molecule has 0 aromatic heterocycles. The standard InChI is InChI=1S/C19H21ClFNO5/c1-18(2,3)27-12(23)8-22-17(26)13-15(24)10-6-9(20)7-11(21)14(10)19(4,5)16(13)25/h6-7,13H,8H2,1-5H3,(H,22,26). The maximum absolute atomic E-state index is 14.4. The van der Waals surface area contributed by atoms with Crippen LogP contribution in [0.5, 0.6) is 0 Å². The number of ether oxygens (including phenoxy) is 1. The minimum Gasteiger partial charge on any atom is -0.459 e. The molecule has 0 spiro atoms. The van der Waals surface area contributed by atoms with E-state index in [0.717, 1.165) is 6.07 Å². The Balaban J connectivity index is 2.30. The van der Waals surface area contributed by atoms with Crippen molar-refractivity contribution in [3.8, 4) is 0 Å². The van der Waals surface area contributed by atoms with E-state index in [1.807, 2.05) is 0 Å². The summed E-state index contributed by atoms with van der Waals surface area (Å²) in [7, 11) is 0. The van der Waals surface area contributed by atoms with Gasteiger partial charge in [0.15, 0.2) is 17.5 Å². The van der Waals surface area contributed by atoms with Crippen molar-refractivity contribution in [3.63, 3.8) is 0 Å². The first kappa shape index (κ1) is 21.0. The van der Waals surface area contributed by atoms with E-state index in [0.29, 0.717) is 0 Å². The second-order valence-corrected chi connectivity index (χ2v) is 8.34. The minimum atomic E-state index is -1.69. The lowest BCUT2D eigenvalue weighted by molar-refractivity contribution is -0.155. The molecule has 1 aromatic carbocycles. The van der Waals surface area contributed by atoms with Crippen LogP contribution in [0.2, 0.25) is 5.02 Å². The maximum atomic E-state index is 14.4. The average molecular weight is 398 g/mol. The number of amides is 1. The highest BCUT2D eigenvalue weighted by atomic mass is 35.5. The number of carbonyl (C=O) groups excluding carboxylic acids is 4. The van der Waals surface area contributed by atoms with E-state index in [2.05, 4.69) is 5.32 Å². The van der Waals surface area contributed by atoms with E-state index < -0.39 is 52.7 Å². The van der Waals surface area contributed by atoms with E-state index in [-0.39, 0.29) is 16.1 Å². The third kappa shape index (κ3) is 4.18. The molecule has 6 nitrogen and oxygen atoms in total. The lowest BCUT2D eigenvalue weighted by atomic mass is 9.66. The zero-order valence-electron chi connectivity index (χ0n) is 15.7. The number of carbonyl (C=O) groups is 4. The number of fused-ring (bicyclic) bond motifs is 1. The van der Waals surface area contributed by atoms with Gasteiger partial charge in [-0.25, -0.2) is 4.39 Å². The summed E-state index contributed by atoms with van der Waals surface area (Å²) in [4.78, 5) is 49.7. The van der Waals surface area contributed by atoms with Crippen LogP contribution in [0.4, 0.5) is 4.39 Å². The number of rotatable bonds is 3. The summed E-state index contributed by atoms with van der Waals surface area (Å²) in [5.74, 6) is -5.71. The Hall–Kier alpha value is -2.28. The summed E-state index contributed by atoms with van der Waals surface area (Å²) >= 11 is 5.83. The van der Waals surface area contributed by atoms with Gasteiger partial charge in [0, 0.05) is 16.1 Å². The lowest BCUT2D eigenvalue weighted by Crippen LogP contribution is -2.52. The molecule has 1 amide bonds. The summed E-state index contributed by atoms with van der Waals surface area (Å²) in [6, 6.07) is 2.26. The Labute approximate surface area is 161 Å². The van der Waals surface area contributed by atoms with Crippen molar-refractivity contribution in [2.75, 3.05) is 6.54 Å². The van der Waals surface area contributed by atoms with Gasteiger partial charge < -0.3 is 10.1 Å². The fraction of sp³-hybridized carbons (Fsp3) is 0.474. The Bertz CT molecular complexity index is 841. The highest BCUT2D eigenvalue weighted by molar-refractivity contribution is 6.33. The third-order valence-corrected chi connectivity index (χ3v) is 4.39. The zero-order chi connectivity index (χ0) is 20.7. The molecule has 1 unspecified atom stereocenters. The largest absolute Gasteiger partial charge is 0.459 e. The molecular weight excluding hydrogens is 377 g/mol. The van der Waals surface area contributed by atoms with Gasteiger partial charge in [-0.15, -0.1) is 0 Å². The van der Waals surface area contributed by atoms with Gasteiger partial charge in [0.2, 0.25) is 5.91 Å². The Morgan fingerprint density at radius 1 is 1.26 bits per heavy atom. The van der Waals surface area contributed by atoms with Crippen LogP contribution in [0.15, 0.2) is 12.1 Å². The molecule has 1 atom stereocenters. The summed E-state index contributed by atoms with van der Waals surface area (Å²) in [6.07, 6.45) is 0. The SMILES string of the molecule is CC(C)(C)OC(=O)CNC(=O)C1C(=O)c2cc(Cl)cc(F)c2C(C)(C)C1=O. The van der Waals surface area contributed by atoms with Crippen LogP contribution in [0.1, 0.15) is 50.5 Å². The molecule has 8 heteroatoms. The van der Waals surface area contributed by atoms with Crippen LogP contribution >= 0.6 is 11.6 Å². The van der Waals surface area contributed by atoms with Gasteiger partial charge in [-0.3, -0.25) is 19.2 Å². The fourth-order valence-corrected chi connectivity index (χ4v) is 3.24. The number of hydrogen-bond acceptors (Lipinski definition) is 5. The van der Waals surface area contributed by atoms with E-state index in [1.165, 1.54) is 19.9 Å². The Kier molecular flexibility index (Phi) is 5.48. The highest BCUT2D eigenvalue weighted by Crippen LogP contribution is 2.39. The number of benzene rings is 1. The molecule has 1 aliphatic carbocycles. The number of Topliss-reactive ketones (excluding diaryl/α,β-unsaturated/α-hetero) is 2. The number of esters is 1. The number of ketones is 2. The van der Waals surface area contributed by atoms with Gasteiger partial charge in [0.1, 0.15) is 18.0 Å². The molecule has 0 bridgehead atoms. The van der Waals surface area contributed by atoms with Gasteiger partial charge in [0.25, 0.3) is 0 Å². The van der Waals surface area contributed by atoms with E-state index in [9.17, 15) is 23.6 Å². The normalized spacial score (nSPS) is 18.7. The van der Waals surface area contributed by atoms with Gasteiger partial charge in [0.05, 0.1) is 5.41 Å². The molecule has 0 heterocycles. The van der Waals surface area contributed by atoms with Crippen LogP contribution < -0.4 is 5.32 Å². The molecule has 146 valence electrons. The monoisotopic (exact) mass is 397 g/mol. The van der Waals surface area contributed by atoms with E-state index in [1.54, 1.807) is 20.8 Å². The lowest BCUT2D eigenvalue weighted by Gasteiger charge is -2.34. The molecule has 1 N–H and O–H groups in total. The van der Waals surface area contributed by atoms with Crippen LogP contribution in [-0.2, 0) is 24.5 Å². The number of nitrogens with one attached hydrogen (secondary N) is 1. The predicted octanol–water partition coefficient (Wildman–Crippen LogP) is 2.60. The zero-order valence-corrected chi connectivity index (χ0v) is 16.5. The Morgan fingerprint density at radius 3 is 2.41 bits per heavy atom. The molecule has 1 aliphatic rings. The predicted molar refractivity (Wildman–Crippen MR) is 96.1 cm³/mol. The molecule has 0 saturated heterocycles. The fourth-order valence-electron chi connectivity index (χ4n) is 3.04. The van der Waals surface area contributed by atoms with Gasteiger partial charge in [-0.1, -0.05) is 11.6 Å². The van der Waals surface area contributed by atoms with Gasteiger partial charge in [-0.05, 0) is 46.8 Å². The van der Waals surface area contributed by atoms with Crippen molar-refractivity contribution in [1.29, 1.82) is 0 Å². The summed E-state index contributed by atoms with van der Waals surface area (Å²) < 4.78 is 19.4. The van der Waals surface area contributed by atoms with Gasteiger partial charge in [-0.2, -0.15) is 0 Å². The second kappa shape index (κ2) is 7.03. The maximum Gasteiger partial charge on any atom is 0.325 e. The molecule has 27 heavy (non-hydrogen) atoms. The molecule has 0 aliphatic heterocycles. The molecule has 2 rings (SSSR count). The van der Waals surface area contributed by atoms with Crippen molar-refractivity contribution in [2.45, 2.75) is 45.6 Å². The van der Waals surface area contributed by atoms with Crippen LogP contribution in [0.25, 0.3) is 0 Å². The molecule has 0 radical (unpaired) electrons.